The van der Waals surface area contributed by atoms with Gasteiger partial charge in [0.15, 0.2) is 5.78 Å². The molecule has 0 bridgehead atoms. The average molecular weight is 284 g/mol. The van der Waals surface area contributed by atoms with Crippen LogP contribution in [0.25, 0.3) is 0 Å². The molecular formula is C18H20O3. The number of hydrogen-bond acceptors (Lipinski definition) is 3. The van der Waals surface area contributed by atoms with Crippen molar-refractivity contribution in [3.05, 3.63) is 64.7 Å². The number of rotatable bonds is 5. The SMILES string of the molecule is Cc1ccc(C)c(COc2ccc(C(=O)C(C)O)cc2)c1. The van der Waals surface area contributed by atoms with E-state index < -0.39 is 6.10 Å². The van der Waals surface area contributed by atoms with Crippen LogP contribution in [-0.4, -0.2) is 17.0 Å². The molecule has 0 aliphatic heterocycles. The Hall–Kier alpha value is -2.13. The number of ketones is 1. The monoisotopic (exact) mass is 284 g/mol. The summed E-state index contributed by atoms with van der Waals surface area (Å²) in [5, 5.41) is 9.27. The van der Waals surface area contributed by atoms with Crippen molar-refractivity contribution < 1.29 is 14.6 Å². The Bertz CT molecular complexity index is 627. The number of carbonyl (C=O) groups excluding carboxylic acids is 1. The van der Waals surface area contributed by atoms with Gasteiger partial charge in [-0.2, -0.15) is 0 Å². The van der Waals surface area contributed by atoms with Crippen molar-refractivity contribution >= 4 is 5.78 Å². The number of ether oxygens (including phenoxy) is 1. The number of aliphatic hydroxyl groups is 1. The molecule has 0 spiro atoms. The Morgan fingerprint density at radius 3 is 2.43 bits per heavy atom. The lowest BCUT2D eigenvalue weighted by molar-refractivity contribution is 0.0779. The quantitative estimate of drug-likeness (QED) is 0.855. The van der Waals surface area contributed by atoms with Crippen LogP contribution >= 0.6 is 0 Å². The van der Waals surface area contributed by atoms with E-state index in [4.69, 9.17) is 4.74 Å². The second kappa shape index (κ2) is 6.55. The fraction of sp³-hybridized carbons (Fsp3) is 0.278. The number of Topliss-reactive ketones (excluding diaryl/α,β-unsaturated/α-hetero) is 1. The third-order valence-corrected chi connectivity index (χ3v) is 3.42. The lowest BCUT2D eigenvalue weighted by atomic mass is 10.1. The molecule has 0 aliphatic rings. The summed E-state index contributed by atoms with van der Waals surface area (Å²) in [4.78, 5) is 11.6. The minimum atomic E-state index is -0.980. The van der Waals surface area contributed by atoms with E-state index in [1.54, 1.807) is 24.3 Å². The Kier molecular flexibility index (Phi) is 4.76. The molecule has 110 valence electrons. The van der Waals surface area contributed by atoms with E-state index in [-0.39, 0.29) is 5.78 Å². The van der Waals surface area contributed by atoms with Gasteiger partial charge in [0.25, 0.3) is 0 Å². The maximum Gasteiger partial charge on any atom is 0.190 e. The summed E-state index contributed by atoms with van der Waals surface area (Å²) < 4.78 is 5.75. The van der Waals surface area contributed by atoms with Gasteiger partial charge >= 0.3 is 0 Å². The summed E-state index contributed by atoms with van der Waals surface area (Å²) in [5.74, 6) is 0.425. The van der Waals surface area contributed by atoms with Crippen molar-refractivity contribution in [3.8, 4) is 5.75 Å². The normalized spacial score (nSPS) is 12.0. The van der Waals surface area contributed by atoms with Crippen molar-refractivity contribution in [2.75, 3.05) is 0 Å². The molecule has 1 atom stereocenters. The molecule has 1 unspecified atom stereocenters. The van der Waals surface area contributed by atoms with Gasteiger partial charge in [0.2, 0.25) is 0 Å². The summed E-state index contributed by atoms with van der Waals surface area (Å²) in [6, 6.07) is 13.1. The zero-order valence-corrected chi connectivity index (χ0v) is 12.6. The van der Waals surface area contributed by atoms with E-state index in [1.165, 1.54) is 18.1 Å². The van der Waals surface area contributed by atoms with Crippen molar-refractivity contribution in [2.24, 2.45) is 0 Å². The van der Waals surface area contributed by atoms with E-state index in [0.717, 1.165) is 5.56 Å². The first-order valence-corrected chi connectivity index (χ1v) is 6.98. The minimum absolute atomic E-state index is 0.281. The highest BCUT2D eigenvalue weighted by molar-refractivity contribution is 5.99. The molecule has 1 N–H and O–H groups in total. The molecule has 2 rings (SSSR count). The molecule has 2 aromatic rings. The molecule has 0 fully saturated rings. The molecule has 0 aromatic heterocycles. The largest absolute Gasteiger partial charge is 0.489 e. The van der Waals surface area contributed by atoms with Gasteiger partial charge in [-0.25, -0.2) is 0 Å². The highest BCUT2D eigenvalue weighted by Crippen LogP contribution is 2.17. The summed E-state index contributed by atoms with van der Waals surface area (Å²) in [5.41, 5.74) is 4.04. The molecule has 21 heavy (non-hydrogen) atoms. The van der Waals surface area contributed by atoms with Gasteiger partial charge in [-0.1, -0.05) is 23.8 Å². The van der Waals surface area contributed by atoms with Crippen molar-refractivity contribution in [1.82, 2.24) is 0 Å². The molecule has 0 radical (unpaired) electrons. The first-order valence-electron chi connectivity index (χ1n) is 6.98. The van der Waals surface area contributed by atoms with Crippen LogP contribution in [0, 0.1) is 13.8 Å². The van der Waals surface area contributed by atoms with Gasteiger partial charge in [0.05, 0.1) is 0 Å². The topological polar surface area (TPSA) is 46.5 Å². The lowest BCUT2D eigenvalue weighted by Crippen LogP contribution is -2.15. The number of carbonyl (C=O) groups is 1. The van der Waals surface area contributed by atoms with Gasteiger partial charge in [0, 0.05) is 5.56 Å². The number of hydrogen-bond donors (Lipinski definition) is 1. The maximum absolute atomic E-state index is 11.6. The Morgan fingerprint density at radius 1 is 1.14 bits per heavy atom. The fourth-order valence-electron chi connectivity index (χ4n) is 2.07. The maximum atomic E-state index is 11.6. The predicted molar refractivity (Wildman–Crippen MR) is 82.7 cm³/mol. The highest BCUT2D eigenvalue weighted by Gasteiger charge is 2.11. The second-order valence-electron chi connectivity index (χ2n) is 5.28. The van der Waals surface area contributed by atoms with Crippen LogP contribution in [-0.2, 0) is 6.61 Å². The molecule has 0 aliphatic carbocycles. The first-order chi connectivity index (χ1) is 9.97. The zero-order valence-electron chi connectivity index (χ0n) is 12.6. The number of aryl methyl sites for hydroxylation is 2. The highest BCUT2D eigenvalue weighted by atomic mass is 16.5. The molecule has 0 saturated carbocycles. The lowest BCUT2D eigenvalue weighted by Gasteiger charge is -2.10. The van der Waals surface area contributed by atoms with Crippen LogP contribution in [0.1, 0.15) is 34.0 Å². The van der Waals surface area contributed by atoms with E-state index in [1.807, 2.05) is 0 Å². The number of aliphatic hydroxyl groups excluding tert-OH is 1. The average Bonchev–Trinajstić information content (AvgIpc) is 2.48. The molecule has 0 amide bonds. The molecular weight excluding hydrogens is 264 g/mol. The van der Waals surface area contributed by atoms with Gasteiger partial charge in [-0.05, 0) is 56.2 Å². The molecule has 0 heterocycles. The van der Waals surface area contributed by atoms with Gasteiger partial charge in [-0.15, -0.1) is 0 Å². The standard InChI is InChI=1S/C18H20O3/c1-12-4-5-13(2)16(10-12)11-21-17-8-6-15(7-9-17)18(20)14(3)19/h4-10,14,19H,11H2,1-3H3. The first kappa shape index (κ1) is 15.3. The van der Waals surface area contributed by atoms with E-state index in [0.29, 0.717) is 17.9 Å². The third-order valence-electron chi connectivity index (χ3n) is 3.42. The third kappa shape index (κ3) is 3.92. The Morgan fingerprint density at radius 2 is 1.81 bits per heavy atom. The van der Waals surface area contributed by atoms with Gasteiger partial charge in [-0.3, -0.25) is 4.79 Å². The van der Waals surface area contributed by atoms with Crippen LogP contribution in [0.15, 0.2) is 42.5 Å². The Balaban J connectivity index is 2.04. The minimum Gasteiger partial charge on any atom is -0.489 e. The second-order valence-corrected chi connectivity index (χ2v) is 5.28. The molecule has 3 heteroatoms. The van der Waals surface area contributed by atoms with Crippen LogP contribution in [0.2, 0.25) is 0 Å². The van der Waals surface area contributed by atoms with E-state index >= 15 is 0 Å². The molecule has 0 saturated heterocycles. The van der Waals surface area contributed by atoms with Crippen molar-refractivity contribution in [2.45, 2.75) is 33.5 Å². The summed E-state index contributed by atoms with van der Waals surface area (Å²) in [7, 11) is 0. The van der Waals surface area contributed by atoms with Crippen molar-refractivity contribution in [3.63, 3.8) is 0 Å². The van der Waals surface area contributed by atoms with Crippen LogP contribution < -0.4 is 4.74 Å². The van der Waals surface area contributed by atoms with E-state index in [9.17, 15) is 9.90 Å². The molecule has 2 aromatic carbocycles. The van der Waals surface area contributed by atoms with Crippen molar-refractivity contribution in [1.29, 1.82) is 0 Å². The van der Waals surface area contributed by atoms with Gasteiger partial charge in [0.1, 0.15) is 18.5 Å². The summed E-state index contributed by atoms with van der Waals surface area (Å²) in [6.45, 7) is 6.08. The van der Waals surface area contributed by atoms with Crippen LogP contribution in [0.4, 0.5) is 0 Å². The zero-order chi connectivity index (χ0) is 15.4. The van der Waals surface area contributed by atoms with Crippen LogP contribution in [0.5, 0.6) is 5.75 Å². The number of benzene rings is 2. The Labute approximate surface area is 125 Å². The predicted octanol–water partition coefficient (Wildman–Crippen LogP) is 3.45. The molecule has 3 nitrogen and oxygen atoms in total. The smallest absolute Gasteiger partial charge is 0.190 e. The fourth-order valence-corrected chi connectivity index (χ4v) is 2.07. The van der Waals surface area contributed by atoms with Crippen LogP contribution in [0.3, 0.4) is 0 Å². The summed E-state index contributed by atoms with van der Waals surface area (Å²) >= 11 is 0. The van der Waals surface area contributed by atoms with E-state index in [2.05, 4.69) is 32.0 Å². The summed E-state index contributed by atoms with van der Waals surface area (Å²) in [6.07, 6.45) is -0.980. The van der Waals surface area contributed by atoms with Gasteiger partial charge < -0.3 is 9.84 Å².